The lowest BCUT2D eigenvalue weighted by Crippen LogP contribution is -2.40. The van der Waals surface area contributed by atoms with Gasteiger partial charge in [-0.25, -0.2) is 4.98 Å². The van der Waals surface area contributed by atoms with Crippen LogP contribution < -0.4 is 10.1 Å². The first-order chi connectivity index (χ1) is 9.20. The lowest BCUT2D eigenvalue weighted by molar-refractivity contribution is 0.191. The zero-order valence-corrected chi connectivity index (χ0v) is 12.2. The lowest BCUT2D eigenvalue weighted by atomic mass is 10.1. The van der Waals surface area contributed by atoms with Crippen LogP contribution in [0.25, 0.3) is 0 Å². The standard InChI is InChI=1S/C15H25N3O/c1-12(2)18(11-14-7-5-8-16-14)10-13-6-4-9-17-15(13)19-3/h4,6,9,12,14,16H,5,7-8,10-11H2,1-3H3. The predicted octanol–water partition coefficient (Wildman–Crippen LogP) is 2.05. The van der Waals surface area contributed by atoms with Crippen LogP contribution >= 0.6 is 0 Å². The van der Waals surface area contributed by atoms with Crippen LogP contribution in [0.4, 0.5) is 0 Å². The number of pyridine rings is 1. The molecule has 1 atom stereocenters. The van der Waals surface area contributed by atoms with E-state index in [1.54, 1.807) is 13.3 Å². The van der Waals surface area contributed by atoms with Gasteiger partial charge in [-0.1, -0.05) is 6.07 Å². The molecule has 1 unspecified atom stereocenters. The molecule has 1 aromatic rings. The Morgan fingerprint density at radius 1 is 1.53 bits per heavy atom. The average Bonchev–Trinajstić information content (AvgIpc) is 2.91. The molecule has 1 aliphatic heterocycles. The van der Waals surface area contributed by atoms with Crippen molar-refractivity contribution in [3.05, 3.63) is 23.9 Å². The molecule has 0 amide bonds. The molecule has 0 bridgehead atoms. The molecule has 1 N–H and O–H groups in total. The van der Waals surface area contributed by atoms with Gasteiger partial charge < -0.3 is 10.1 Å². The Bertz CT molecular complexity index is 389. The zero-order chi connectivity index (χ0) is 13.7. The molecule has 4 heteroatoms. The summed E-state index contributed by atoms with van der Waals surface area (Å²) in [5.41, 5.74) is 1.16. The van der Waals surface area contributed by atoms with E-state index < -0.39 is 0 Å². The summed E-state index contributed by atoms with van der Waals surface area (Å²) in [7, 11) is 1.68. The SMILES string of the molecule is COc1ncccc1CN(CC1CCCN1)C(C)C. The third kappa shape index (κ3) is 3.91. The number of ether oxygens (including phenoxy) is 1. The third-order valence-corrected chi connectivity index (χ3v) is 3.76. The van der Waals surface area contributed by atoms with Crippen molar-refractivity contribution in [2.75, 3.05) is 20.2 Å². The number of nitrogens with one attached hydrogen (secondary N) is 1. The van der Waals surface area contributed by atoms with E-state index in [9.17, 15) is 0 Å². The van der Waals surface area contributed by atoms with Gasteiger partial charge in [0.05, 0.1) is 7.11 Å². The van der Waals surface area contributed by atoms with Crippen molar-refractivity contribution < 1.29 is 4.74 Å². The second-order valence-corrected chi connectivity index (χ2v) is 5.49. The number of hydrogen-bond donors (Lipinski definition) is 1. The monoisotopic (exact) mass is 263 g/mol. The van der Waals surface area contributed by atoms with E-state index in [1.807, 2.05) is 6.07 Å². The van der Waals surface area contributed by atoms with Crippen LogP contribution in [0.3, 0.4) is 0 Å². The third-order valence-electron chi connectivity index (χ3n) is 3.76. The van der Waals surface area contributed by atoms with Gasteiger partial charge in [0.2, 0.25) is 5.88 Å². The maximum atomic E-state index is 5.34. The number of aromatic nitrogens is 1. The van der Waals surface area contributed by atoms with Gasteiger partial charge >= 0.3 is 0 Å². The summed E-state index contributed by atoms with van der Waals surface area (Å²) in [5.74, 6) is 0.743. The summed E-state index contributed by atoms with van der Waals surface area (Å²) in [6.45, 7) is 7.64. The zero-order valence-electron chi connectivity index (χ0n) is 12.2. The Morgan fingerprint density at radius 2 is 2.37 bits per heavy atom. The van der Waals surface area contributed by atoms with Gasteiger partial charge in [-0.15, -0.1) is 0 Å². The highest BCUT2D eigenvalue weighted by molar-refractivity contribution is 5.25. The van der Waals surface area contributed by atoms with E-state index in [-0.39, 0.29) is 0 Å². The van der Waals surface area contributed by atoms with Gasteiger partial charge in [-0.05, 0) is 39.3 Å². The summed E-state index contributed by atoms with van der Waals surface area (Å²) in [6, 6.07) is 5.23. The minimum atomic E-state index is 0.521. The van der Waals surface area contributed by atoms with Gasteiger partial charge in [0, 0.05) is 36.9 Å². The van der Waals surface area contributed by atoms with Crippen LogP contribution in [0.1, 0.15) is 32.3 Å². The predicted molar refractivity (Wildman–Crippen MR) is 77.4 cm³/mol. The van der Waals surface area contributed by atoms with Gasteiger partial charge in [0.1, 0.15) is 0 Å². The first-order valence-electron chi connectivity index (χ1n) is 7.16. The molecule has 19 heavy (non-hydrogen) atoms. The van der Waals surface area contributed by atoms with Crippen molar-refractivity contribution in [3.8, 4) is 5.88 Å². The molecule has 0 saturated carbocycles. The van der Waals surface area contributed by atoms with Crippen molar-refractivity contribution >= 4 is 0 Å². The summed E-state index contributed by atoms with van der Waals surface area (Å²) < 4.78 is 5.34. The van der Waals surface area contributed by atoms with Crippen LogP contribution in [0.2, 0.25) is 0 Å². The summed E-state index contributed by atoms with van der Waals surface area (Å²) in [4.78, 5) is 6.77. The molecule has 2 heterocycles. The Labute approximate surface area is 116 Å². The van der Waals surface area contributed by atoms with Gasteiger partial charge in [0.25, 0.3) is 0 Å². The summed E-state index contributed by atoms with van der Waals surface area (Å²) >= 11 is 0. The molecular weight excluding hydrogens is 238 g/mol. The first kappa shape index (κ1) is 14.3. The Hall–Kier alpha value is -1.13. The molecule has 1 aromatic heterocycles. The summed E-state index contributed by atoms with van der Waals surface area (Å²) in [6.07, 6.45) is 4.36. The van der Waals surface area contributed by atoms with Crippen LogP contribution in [-0.2, 0) is 6.54 Å². The quantitative estimate of drug-likeness (QED) is 0.852. The molecule has 2 rings (SSSR count). The molecule has 0 aliphatic carbocycles. The molecule has 1 aliphatic rings. The van der Waals surface area contributed by atoms with Crippen LogP contribution in [0, 0.1) is 0 Å². The molecule has 0 aromatic carbocycles. The van der Waals surface area contributed by atoms with E-state index in [4.69, 9.17) is 4.74 Å². The number of rotatable bonds is 6. The Balaban J connectivity index is 2.02. The van der Waals surface area contributed by atoms with E-state index in [0.29, 0.717) is 12.1 Å². The van der Waals surface area contributed by atoms with E-state index in [1.165, 1.54) is 12.8 Å². The molecule has 0 spiro atoms. The maximum absolute atomic E-state index is 5.34. The Morgan fingerprint density at radius 3 is 3.00 bits per heavy atom. The van der Waals surface area contributed by atoms with Crippen LogP contribution in [-0.4, -0.2) is 42.2 Å². The largest absolute Gasteiger partial charge is 0.481 e. The number of methoxy groups -OCH3 is 1. The topological polar surface area (TPSA) is 37.4 Å². The summed E-state index contributed by atoms with van der Waals surface area (Å²) in [5, 5.41) is 3.57. The molecule has 106 valence electrons. The normalized spacial score (nSPS) is 19.3. The average molecular weight is 263 g/mol. The van der Waals surface area contributed by atoms with Crippen molar-refractivity contribution in [3.63, 3.8) is 0 Å². The van der Waals surface area contributed by atoms with E-state index in [0.717, 1.165) is 31.1 Å². The lowest BCUT2D eigenvalue weighted by Gasteiger charge is -2.29. The molecular formula is C15H25N3O. The van der Waals surface area contributed by atoms with Gasteiger partial charge in [-0.2, -0.15) is 0 Å². The highest BCUT2D eigenvalue weighted by atomic mass is 16.5. The van der Waals surface area contributed by atoms with Gasteiger partial charge in [-0.3, -0.25) is 4.90 Å². The van der Waals surface area contributed by atoms with Crippen molar-refractivity contribution in [2.24, 2.45) is 0 Å². The Kier molecular flexibility index (Phi) is 5.16. The molecule has 1 fully saturated rings. The highest BCUT2D eigenvalue weighted by Gasteiger charge is 2.20. The highest BCUT2D eigenvalue weighted by Crippen LogP contribution is 2.18. The minimum absolute atomic E-state index is 0.521. The van der Waals surface area contributed by atoms with Crippen molar-refractivity contribution in [2.45, 2.75) is 45.3 Å². The molecule has 4 nitrogen and oxygen atoms in total. The second kappa shape index (κ2) is 6.87. The minimum Gasteiger partial charge on any atom is -0.481 e. The number of nitrogens with zero attached hydrogens (tertiary/aromatic N) is 2. The van der Waals surface area contributed by atoms with Crippen molar-refractivity contribution in [1.29, 1.82) is 0 Å². The molecule has 0 radical (unpaired) electrons. The van der Waals surface area contributed by atoms with Gasteiger partial charge in [0.15, 0.2) is 0 Å². The number of hydrogen-bond acceptors (Lipinski definition) is 4. The fraction of sp³-hybridized carbons (Fsp3) is 0.667. The fourth-order valence-electron chi connectivity index (χ4n) is 2.60. The first-order valence-corrected chi connectivity index (χ1v) is 7.16. The molecule has 1 saturated heterocycles. The van der Waals surface area contributed by atoms with E-state index >= 15 is 0 Å². The van der Waals surface area contributed by atoms with Crippen LogP contribution in [0.15, 0.2) is 18.3 Å². The maximum Gasteiger partial charge on any atom is 0.217 e. The second-order valence-electron chi connectivity index (χ2n) is 5.49. The smallest absolute Gasteiger partial charge is 0.217 e. The fourth-order valence-corrected chi connectivity index (χ4v) is 2.60. The van der Waals surface area contributed by atoms with Crippen LogP contribution in [0.5, 0.6) is 5.88 Å². The van der Waals surface area contributed by atoms with E-state index in [2.05, 4.69) is 35.1 Å². The van der Waals surface area contributed by atoms with Crippen molar-refractivity contribution in [1.82, 2.24) is 15.2 Å².